The quantitative estimate of drug-likeness (QED) is 0.911. The van der Waals surface area contributed by atoms with Crippen LogP contribution in [0.25, 0.3) is 0 Å². The summed E-state index contributed by atoms with van der Waals surface area (Å²) in [7, 11) is -3.59. The Balaban J connectivity index is 2.25. The molecule has 0 saturated heterocycles. The molecule has 0 aliphatic carbocycles. The first-order valence-electron chi connectivity index (χ1n) is 5.06. The highest BCUT2D eigenvalue weighted by Gasteiger charge is 2.20. The van der Waals surface area contributed by atoms with Crippen molar-refractivity contribution in [1.29, 1.82) is 0 Å². The first-order valence-corrected chi connectivity index (χ1v) is 7.50. The third-order valence-corrected chi connectivity index (χ3v) is 4.47. The van der Waals surface area contributed by atoms with Crippen LogP contribution in [0.1, 0.15) is 16.2 Å². The normalized spacial score (nSPS) is 11.4. The molecule has 100 valence electrons. The third kappa shape index (κ3) is 3.21. The molecule has 1 heterocycles. The maximum absolute atomic E-state index is 12.0. The van der Waals surface area contributed by atoms with Crippen LogP contribution in [0.5, 0.6) is 0 Å². The first-order chi connectivity index (χ1) is 8.88. The summed E-state index contributed by atoms with van der Waals surface area (Å²) in [5, 5.41) is 11.9. The standard InChI is InChI=1S/C11H8BrNO5S/c12-7-1-3-9(4-2-7)19(16,17)6-8-5-10(11(14)15)13-18-8/h1-5H,6H2,(H,14,15). The molecular weight excluding hydrogens is 338 g/mol. The number of rotatable bonds is 4. The highest BCUT2D eigenvalue weighted by atomic mass is 79.9. The van der Waals surface area contributed by atoms with Gasteiger partial charge in [-0.05, 0) is 24.3 Å². The van der Waals surface area contributed by atoms with Crippen LogP contribution in [-0.2, 0) is 15.6 Å². The van der Waals surface area contributed by atoms with Crippen molar-refractivity contribution in [3.05, 3.63) is 46.3 Å². The van der Waals surface area contributed by atoms with E-state index in [1.165, 1.54) is 12.1 Å². The molecule has 1 N–H and O–H groups in total. The zero-order chi connectivity index (χ0) is 14.0. The summed E-state index contributed by atoms with van der Waals surface area (Å²) in [6.45, 7) is 0. The lowest BCUT2D eigenvalue weighted by Gasteiger charge is -2.01. The average molecular weight is 346 g/mol. The zero-order valence-corrected chi connectivity index (χ0v) is 11.8. The van der Waals surface area contributed by atoms with Crippen molar-refractivity contribution in [2.75, 3.05) is 0 Å². The van der Waals surface area contributed by atoms with Crippen LogP contribution in [0.15, 0.2) is 44.2 Å². The molecule has 0 aliphatic rings. The number of benzene rings is 1. The summed E-state index contributed by atoms with van der Waals surface area (Å²) in [5.74, 6) is -1.72. The summed E-state index contributed by atoms with van der Waals surface area (Å²) >= 11 is 3.21. The van der Waals surface area contributed by atoms with Gasteiger partial charge in [-0.3, -0.25) is 0 Å². The van der Waals surface area contributed by atoms with Crippen molar-refractivity contribution in [2.24, 2.45) is 0 Å². The van der Waals surface area contributed by atoms with Crippen LogP contribution in [-0.4, -0.2) is 24.7 Å². The molecule has 0 unspecified atom stereocenters. The molecule has 0 spiro atoms. The molecule has 0 saturated carbocycles. The number of carbonyl (C=O) groups is 1. The lowest BCUT2D eigenvalue weighted by atomic mass is 10.4. The van der Waals surface area contributed by atoms with Gasteiger partial charge >= 0.3 is 5.97 Å². The van der Waals surface area contributed by atoms with Gasteiger partial charge in [0.1, 0.15) is 5.75 Å². The Morgan fingerprint density at radius 2 is 1.95 bits per heavy atom. The predicted octanol–water partition coefficient (Wildman–Crippen LogP) is 2.11. The summed E-state index contributed by atoms with van der Waals surface area (Å²) in [6.07, 6.45) is 0. The summed E-state index contributed by atoms with van der Waals surface area (Å²) in [5.41, 5.74) is -0.319. The Labute approximate surface area is 117 Å². The SMILES string of the molecule is O=C(O)c1cc(CS(=O)(=O)c2ccc(Br)cc2)on1. The smallest absolute Gasteiger partial charge is 0.358 e. The number of hydrogen-bond acceptors (Lipinski definition) is 5. The van der Waals surface area contributed by atoms with Gasteiger partial charge in [0.15, 0.2) is 21.3 Å². The molecule has 8 heteroatoms. The molecular formula is C11H8BrNO5S. The largest absolute Gasteiger partial charge is 0.476 e. The fraction of sp³-hybridized carbons (Fsp3) is 0.0909. The van der Waals surface area contributed by atoms with Crippen LogP contribution in [0.2, 0.25) is 0 Å². The van der Waals surface area contributed by atoms with E-state index in [0.717, 1.165) is 10.5 Å². The molecule has 19 heavy (non-hydrogen) atoms. The molecule has 1 aromatic carbocycles. The van der Waals surface area contributed by atoms with Gasteiger partial charge in [-0.25, -0.2) is 13.2 Å². The second-order valence-corrected chi connectivity index (χ2v) is 6.60. The van der Waals surface area contributed by atoms with E-state index in [9.17, 15) is 13.2 Å². The highest BCUT2D eigenvalue weighted by molar-refractivity contribution is 9.10. The molecule has 2 aromatic rings. The van der Waals surface area contributed by atoms with Crippen molar-refractivity contribution in [3.63, 3.8) is 0 Å². The molecule has 0 fully saturated rings. The number of hydrogen-bond donors (Lipinski definition) is 1. The highest BCUT2D eigenvalue weighted by Crippen LogP contribution is 2.19. The Kier molecular flexibility index (Phi) is 3.72. The van der Waals surface area contributed by atoms with E-state index in [2.05, 4.69) is 25.6 Å². The fourth-order valence-electron chi connectivity index (χ4n) is 1.39. The van der Waals surface area contributed by atoms with Crippen LogP contribution in [0.4, 0.5) is 0 Å². The first kappa shape index (κ1) is 13.8. The van der Waals surface area contributed by atoms with Crippen molar-refractivity contribution in [2.45, 2.75) is 10.6 Å². The monoisotopic (exact) mass is 345 g/mol. The number of carboxylic acids is 1. The van der Waals surface area contributed by atoms with Gasteiger partial charge < -0.3 is 9.63 Å². The van der Waals surface area contributed by atoms with Crippen LogP contribution in [0, 0.1) is 0 Å². The lowest BCUT2D eigenvalue weighted by molar-refractivity contribution is 0.0685. The van der Waals surface area contributed by atoms with Gasteiger partial charge in [-0.1, -0.05) is 21.1 Å². The number of sulfone groups is 1. The van der Waals surface area contributed by atoms with E-state index in [0.29, 0.717) is 0 Å². The minimum atomic E-state index is -3.59. The topological polar surface area (TPSA) is 97.5 Å². The Morgan fingerprint density at radius 3 is 2.47 bits per heavy atom. The maximum Gasteiger partial charge on any atom is 0.358 e. The van der Waals surface area contributed by atoms with Crippen LogP contribution >= 0.6 is 15.9 Å². The van der Waals surface area contributed by atoms with Gasteiger partial charge in [-0.15, -0.1) is 0 Å². The van der Waals surface area contributed by atoms with E-state index in [4.69, 9.17) is 5.11 Å². The lowest BCUT2D eigenvalue weighted by Crippen LogP contribution is -2.04. The van der Waals surface area contributed by atoms with E-state index < -0.39 is 21.6 Å². The molecule has 0 bridgehead atoms. The number of aromatic nitrogens is 1. The van der Waals surface area contributed by atoms with Crippen molar-refractivity contribution < 1.29 is 22.8 Å². The van der Waals surface area contributed by atoms with Crippen LogP contribution < -0.4 is 0 Å². The average Bonchev–Trinajstić information content (AvgIpc) is 2.77. The number of halogens is 1. The summed E-state index contributed by atoms with van der Waals surface area (Å²) < 4.78 is 29.5. The van der Waals surface area contributed by atoms with Crippen molar-refractivity contribution in [1.82, 2.24) is 5.16 Å². The molecule has 2 rings (SSSR count). The van der Waals surface area contributed by atoms with Gasteiger partial charge in [0.2, 0.25) is 0 Å². The van der Waals surface area contributed by atoms with Gasteiger partial charge in [0.25, 0.3) is 0 Å². The van der Waals surface area contributed by atoms with Crippen molar-refractivity contribution >= 4 is 31.7 Å². The van der Waals surface area contributed by atoms with Crippen LogP contribution in [0.3, 0.4) is 0 Å². The molecule has 6 nitrogen and oxygen atoms in total. The number of nitrogens with zero attached hydrogens (tertiary/aromatic N) is 1. The molecule has 0 atom stereocenters. The van der Waals surface area contributed by atoms with Crippen molar-refractivity contribution in [3.8, 4) is 0 Å². The second kappa shape index (κ2) is 5.14. The minimum absolute atomic E-state index is 0.0136. The van der Waals surface area contributed by atoms with Gasteiger partial charge in [-0.2, -0.15) is 0 Å². The fourth-order valence-corrected chi connectivity index (χ4v) is 2.89. The number of aromatic carboxylic acids is 1. The Morgan fingerprint density at radius 1 is 1.32 bits per heavy atom. The van der Waals surface area contributed by atoms with E-state index in [1.54, 1.807) is 12.1 Å². The molecule has 0 radical (unpaired) electrons. The molecule has 0 aliphatic heterocycles. The van der Waals surface area contributed by atoms with E-state index in [-0.39, 0.29) is 16.3 Å². The van der Waals surface area contributed by atoms with E-state index in [1.807, 2.05) is 0 Å². The number of carboxylic acid groups (broad SMARTS) is 1. The third-order valence-electron chi connectivity index (χ3n) is 2.28. The van der Waals surface area contributed by atoms with E-state index >= 15 is 0 Å². The molecule has 0 amide bonds. The predicted molar refractivity (Wildman–Crippen MR) is 68.5 cm³/mol. The minimum Gasteiger partial charge on any atom is -0.476 e. The summed E-state index contributed by atoms with van der Waals surface area (Å²) in [6, 6.07) is 7.21. The maximum atomic E-state index is 12.0. The molecule has 1 aromatic heterocycles. The van der Waals surface area contributed by atoms with Gasteiger partial charge in [0.05, 0.1) is 4.90 Å². The Bertz CT molecular complexity index is 705. The summed E-state index contributed by atoms with van der Waals surface area (Å²) in [4.78, 5) is 10.7. The van der Waals surface area contributed by atoms with Gasteiger partial charge in [0, 0.05) is 10.5 Å². The zero-order valence-electron chi connectivity index (χ0n) is 9.41. The Hall–Kier alpha value is -1.67. The second-order valence-electron chi connectivity index (χ2n) is 3.70.